The summed E-state index contributed by atoms with van der Waals surface area (Å²) in [5, 5.41) is 8.82. The van der Waals surface area contributed by atoms with Crippen LogP contribution in [0.2, 0.25) is 0 Å². The third kappa shape index (κ3) is 4.00. The van der Waals surface area contributed by atoms with E-state index in [2.05, 4.69) is 11.9 Å². The number of benzene rings is 1. The van der Waals surface area contributed by atoms with Gasteiger partial charge >= 0.3 is 5.97 Å². The van der Waals surface area contributed by atoms with Gasteiger partial charge in [-0.3, -0.25) is 0 Å². The van der Waals surface area contributed by atoms with Crippen LogP contribution in [0.5, 0.6) is 0 Å². The van der Waals surface area contributed by atoms with Gasteiger partial charge in [0.05, 0.1) is 5.56 Å². The molecule has 100 valence electrons. The molecule has 0 atom stereocenters. The molecule has 1 N–H and O–H groups in total. The molecular weight excluding hydrogens is 250 g/mol. The molecule has 0 amide bonds. The predicted octanol–water partition coefficient (Wildman–Crippen LogP) is 2.69. The molecule has 18 heavy (non-hydrogen) atoms. The van der Waals surface area contributed by atoms with Crippen LogP contribution in [0.15, 0.2) is 24.3 Å². The van der Waals surface area contributed by atoms with Crippen LogP contribution in [0.25, 0.3) is 0 Å². The average Bonchev–Trinajstić information content (AvgIpc) is 2.33. The minimum Gasteiger partial charge on any atom is -0.478 e. The molecule has 3 nitrogen and oxygen atoms in total. The van der Waals surface area contributed by atoms with Crippen molar-refractivity contribution in [2.24, 2.45) is 5.92 Å². The van der Waals surface area contributed by atoms with Gasteiger partial charge in [0.25, 0.3) is 0 Å². The first kappa shape index (κ1) is 15.0. The number of carbonyl (C=O) groups is 1. The Labute approximate surface area is 114 Å². The number of hydrogen-bond acceptors (Lipinski definition) is 2. The second kappa shape index (κ2) is 6.76. The van der Waals surface area contributed by atoms with Crippen molar-refractivity contribution in [1.82, 2.24) is 4.90 Å². The average molecular weight is 270 g/mol. The van der Waals surface area contributed by atoms with Gasteiger partial charge in [0, 0.05) is 0 Å². The van der Waals surface area contributed by atoms with Crippen LogP contribution in [0.3, 0.4) is 0 Å². The Hall–Kier alpha value is -1.06. The number of hydrogen-bond donors (Lipinski definition) is 1. The fraction of sp³-hybridized carbons (Fsp3) is 0.500. The van der Waals surface area contributed by atoms with Crippen molar-refractivity contribution >= 4 is 18.4 Å². The van der Waals surface area contributed by atoms with Gasteiger partial charge in [-0.2, -0.15) is 0 Å². The summed E-state index contributed by atoms with van der Waals surface area (Å²) in [5.41, 5.74) is 1.63. The smallest absolute Gasteiger partial charge is 0.335 e. The molecule has 1 heterocycles. The van der Waals surface area contributed by atoms with Gasteiger partial charge in [-0.25, -0.2) is 4.79 Å². The second-order valence-electron chi connectivity index (χ2n) is 4.95. The number of nitrogens with zero attached hydrogens (tertiary/aromatic N) is 1. The molecule has 1 aliphatic heterocycles. The van der Waals surface area contributed by atoms with E-state index in [1.54, 1.807) is 12.1 Å². The Morgan fingerprint density at radius 2 is 1.83 bits per heavy atom. The lowest BCUT2D eigenvalue weighted by Gasteiger charge is -2.28. The molecule has 1 aromatic rings. The van der Waals surface area contributed by atoms with Crippen molar-refractivity contribution in [1.29, 1.82) is 0 Å². The van der Waals surface area contributed by atoms with Crippen LogP contribution in [-0.2, 0) is 6.42 Å². The lowest BCUT2D eigenvalue weighted by Crippen LogP contribution is -2.30. The molecule has 0 spiro atoms. The lowest BCUT2D eigenvalue weighted by molar-refractivity contribution is 0.0697. The minimum atomic E-state index is -0.851. The van der Waals surface area contributed by atoms with Crippen molar-refractivity contribution < 1.29 is 9.90 Å². The number of halogens is 1. The van der Waals surface area contributed by atoms with E-state index in [9.17, 15) is 4.79 Å². The molecule has 0 saturated carbocycles. The summed E-state index contributed by atoms with van der Waals surface area (Å²) in [4.78, 5) is 13.1. The quantitative estimate of drug-likeness (QED) is 0.917. The van der Waals surface area contributed by atoms with Crippen LogP contribution in [0.4, 0.5) is 0 Å². The van der Waals surface area contributed by atoms with E-state index in [-0.39, 0.29) is 12.4 Å². The fourth-order valence-corrected chi connectivity index (χ4v) is 2.38. The highest BCUT2D eigenvalue weighted by atomic mass is 35.5. The number of aromatic carboxylic acids is 1. The molecule has 0 aliphatic carbocycles. The maximum atomic E-state index is 10.7. The molecule has 4 heteroatoms. The molecule has 1 fully saturated rings. The van der Waals surface area contributed by atoms with E-state index in [0.717, 1.165) is 12.3 Å². The number of carboxylic acids is 1. The van der Waals surface area contributed by atoms with E-state index in [1.807, 2.05) is 12.1 Å². The van der Waals surface area contributed by atoms with E-state index >= 15 is 0 Å². The first-order valence-electron chi connectivity index (χ1n) is 6.16. The Balaban J connectivity index is 0.00000162. The van der Waals surface area contributed by atoms with Gasteiger partial charge in [-0.1, -0.05) is 12.1 Å². The highest BCUT2D eigenvalue weighted by Gasteiger charge is 2.16. The molecule has 0 unspecified atom stereocenters. The van der Waals surface area contributed by atoms with Crippen LogP contribution >= 0.6 is 12.4 Å². The normalized spacial score (nSPS) is 17.2. The fourth-order valence-electron chi connectivity index (χ4n) is 2.38. The van der Waals surface area contributed by atoms with Crippen molar-refractivity contribution in [3.63, 3.8) is 0 Å². The van der Waals surface area contributed by atoms with Gasteiger partial charge in [0.2, 0.25) is 0 Å². The molecule has 1 aliphatic rings. The van der Waals surface area contributed by atoms with Gasteiger partial charge in [0.1, 0.15) is 0 Å². The molecule has 1 aromatic carbocycles. The molecule has 0 radical (unpaired) electrons. The molecule has 0 bridgehead atoms. The number of piperidine rings is 1. The number of likely N-dealkylation sites (tertiary alicyclic amines) is 1. The molecule has 2 rings (SSSR count). The highest BCUT2D eigenvalue weighted by Crippen LogP contribution is 2.21. The maximum absolute atomic E-state index is 10.7. The zero-order chi connectivity index (χ0) is 12.3. The van der Waals surface area contributed by atoms with Gasteiger partial charge in [0.15, 0.2) is 0 Å². The van der Waals surface area contributed by atoms with Gasteiger partial charge < -0.3 is 10.0 Å². The zero-order valence-electron chi connectivity index (χ0n) is 10.6. The van der Waals surface area contributed by atoms with Crippen LogP contribution in [0, 0.1) is 5.92 Å². The summed E-state index contributed by atoms with van der Waals surface area (Å²) in [6, 6.07) is 7.29. The van der Waals surface area contributed by atoms with Crippen LogP contribution < -0.4 is 0 Å². The molecular formula is C14H20ClNO2. The molecule has 1 saturated heterocycles. The van der Waals surface area contributed by atoms with E-state index in [0.29, 0.717) is 5.56 Å². The summed E-state index contributed by atoms with van der Waals surface area (Å²) in [6.07, 6.45) is 3.57. The monoisotopic (exact) mass is 269 g/mol. The third-order valence-corrected chi connectivity index (χ3v) is 3.56. The maximum Gasteiger partial charge on any atom is 0.335 e. The second-order valence-corrected chi connectivity index (χ2v) is 4.95. The van der Waals surface area contributed by atoms with Crippen LogP contribution in [0.1, 0.15) is 28.8 Å². The summed E-state index contributed by atoms with van der Waals surface area (Å²) in [6.45, 7) is 2.36. The van der Waals surface area contributed by atoms with E-state index in [1.165, 1.54) is 31.5 Å². The van der Waals surface area contributed by atoms with Crippen molar-refractivity contribution in [2.45, 2.75) is 19.3 Å². The Morgan fingerprint density at radius 1 is 1.28 bits per heavy atom. The Kier molecular flexibility index (Phi) is 5.63. The summed E-state index contributed by atoms with van der Waals surface area (Å²) >= 11 is 0. The first-order chi connectivity index (χ1) is 8.15. The Morgan fingerprint density at radius 3 is 2.33 bits per heavy atom. The van der Waals surface area contributed by atoms with Crippen molar-refractivity contribution in [3.05, 3.63) is 35.4 Å². The zero-order valence-corrected chi connectivity index (χ0v) is 11.4. The highest BCUT2D eigenvalue weighted by molar-refractivity contribution is 5.87. The Bertz CT molecular complexity index is 383. The van der Waals surface area contributed by atoms with Crippen molar-refractivity contribution in [3.8, 4) is 0 Å². The topological polar surface area (TPSA) is 40.5 Å². The largest absolute Gasteiger partial charge is 0.478 e. The summed E-state index contributed by atoms with van der Waals surface area (Å²) in [7, 11) is 2.16. The minimum absolute atomic E-state index is 0. The van der Waals surface area contributed by atoms with Crippen LogP contribution in [-0.4, -0.2) is 36.1 Å². The summed E-state index contributed by atoms with van der Waals surface area (Å²) in [5.74, 6) is -0.0993. The van der Waals surface area contributed by atoms with E-state index in [4.69, 9.17) is 5.11 Å². The van der Waals surface area contributed by atoms with E-state index < -0.39 is 5.97 Å². The SMILES string of the molecule is CN1CCC(Cc2ccc(C(=O)O)cc2)CC1.Cl. The van der Waals surface area contributed by atoms with Gasteiger partial charge in [-0.15, -0.1) is 12.4 Å². The lowest BCUT2D eigenvalue weighted by atomic mass is 9.90. The molecule has 0 aromatic heterocycles. The first-order valence-corrected chi connectivity index (χ1v) is 6.16. The predicted molar refractivity (Wildman–Crippen MR) is 74.6 cm³/mol. The van der Waals surface area contributed by atoms with Gasteiger partial charge in [-0.05, 0) is 63.0 Å². The number of rotatable bonds is 3. The summed E-state index contributed by atoms with van der Waals surface area (Å²) < 4.78 is 0. The van der Waals surface area contributed by atoms with Crippen molar-refractivity contribution in [2.75, 3.05) is 20.1 Å². The third-order valence-electron chi connectivity index (χ3n) is 3.56. The standard InChI is InChI=1S/C14H19NO2.ClH/c1-15-8-6-12(7-9-15)10-11-2-4-13(5-3-11)14(16)17;/h2-5,12H,6-10H2,1H3,(H,16,17);1H. The number of carboxylic acid groups (broad SMARTS) is 1.